The van der Waals surface area contributed by atoms with E-state index in [1.807, 2.05) is 12.1 Å². The molecule has 0 atom stereocenters. The standard InChI is InChI=1S/C22H15F3N4O2/c23-22(24,25)14-5-3-6-15(12-14)28-20(30)19-16-7-2-1-4-13(16)8-9-17(19)31-18-10-11-27-21(26)29-18/h1-12H,(H,28,30)(H2,26,27,29). The lowest BCUT2D eigenvalue weighted by Gasteiger charge is -2.14. The highest BCUT2D eigenvalue weighted by Crippen LogP contribution is 2.33. The van der Waals surface area contributed by atoms with E-state index in [0.29, 0.717) is 5.39 Å². The lowest BCUT2D eigenvalue weighted by atomic mass is 10.0. The molecule has 1 aromatic heterocycles. The van der Waals surface area contributed by atoms with Crippen molar-refractivity contribution in [3.8, 4) is 11.6 Å². The average molecular weight is 424 g/mol. The third-order valence-electron chi connectivity index (χ3n) is 4.43. The van der Waals surface area contributed by atoms with Crippen molar-refractivity contribution in [2.75, 3.05) is 11.1 Å². The largest absolute Gasteiger partial charge is 0.438 e. The summed E-state index contributed by atoms with van der Waals surface area (Å²) in [7, 11) is 0. The van der Waals surface area contributed by atoms with Gasteiger partial charge in [0, 0.05) is 18.0 Å². The van der Waals surface area contributed by atoms with Crippen LogP contribution in [0.2, 0.25) is 0 Å². The van der Waals surface area contributed by atoms with E-state index in [2.05, 4.69) is 15.3 Å². The third kappa shape index (κ3) is 4.40. The quantitative estimate of drug-likeness (QED) is 0.466. The zero-order valence-electron chi connectivity index (χ0n) is 15.9. The highest BCUT2D eigenvalue weighted by Gasteiger charge is 2.30. The van der Waals surface area contributed by atoms with Crippen LogP contribution in [0.4, 0.5) is 24.8 Å². The predicted molar refractivity (Wildman–Crippen MR) is 110 cm³/mol. The van der Waals surface area contributed by atoms with Crippen molar-refractivity contribution in [2.45, 2.75) is 6.18 Å². The van der Waals surface area contributed by atoms with Gasteiger partial charge in [-0.3, -0.25) is 4.79 Å². The Morgan fingerprint density at radius 1 is 1.00 bits per heavy atom. The molecule has 3 N–H and O–H groups in total. The Morgan fingerprint density at radius 3 is 2.58 bits per heavy atom. The summed E-state index contributed by atoms with van der Waals surface area (Å²) in [5.41, 5.74) is 4.86. The summed E-state index contributed by atoms with van der Waals surface area (Å²) >= 11 is 0. The molecule has 156 valence electrons. The minimum atomic E-state index is -4.53. The van der Waals surface area contributed by atoms with Gasteiger partial charge in [-0.05, 0) is 35.0 Å². The number of alkyl halides is 3. The summed E-state index contributed by atoms with van der Waals surface area (Å²) in [5.74, 6) is -0.349. The number of fused-ring (bicyclic) bond motifs is 1. The fraction of sp³-hybridized carbons (Fsp3) is 0.0455. The van der Waals surface area contributed by atoms with E-state index in [9.17, 15) is 18.0 Å². The highest BCUT2D eigenvalue weighted by molar-refractivity contribution is 6.15. The van der Waals surface area contributed by atoms with Gasteiger partial charge >= 0.3 is 6.18 Å². The van der Waals surface area contributed by atoms with Crippen LogP contribution >= 0.6 is 0 Å². The first-order valence-electron chi connectivity index (χ1n) is 9.08. The van der Waals surface area contributed by atoms with Crippen molar-refractivity contribution in [3.63, 3.8) is 0 Å². The second-order valence-corrected chi connectivity index (χ2v) is 6.55. The molecule has 0 spiro atoms. The van der Waals surface area contributed by atoms with E-state index < -0.39 is 17.6 Å². The number of aromatic nitrogens is 2. The smallest absolute Gasteiger partial charge is 0.416 e. The van der Waals surface area contributed by atoms with Crippen LogP contribution in [0.3, 0.4) is 0 Å². The summed E-state index contributed by atoms with van der Waals surface area (Å²) in [6.45, 7) is 0. The predicted octanol–water partition coefficient (Wildman–Crippen LogP) is 5.28. The van der Waals surface area contributed by atoms with Crippen molar-refractivity contribution in [3.05, 3.63) is 84.1 Å². The molecule has 4 rings (SSSR count). The van der Waals surface area contributed by atoms with Crippen LogP contribution in [0.25, 0.3) is 10.8 Å². The number of nitrogens with zero attached hydrogens (tertiary/aromatic N) is 2. The van der Waals surface area contributed by atoms with Gasteiger partial charge in [-0.1, -0.05) is 36.4 Å². The van der Waals surface area contributed by atoms with Crippen LogP contribution in [0.1, 0.15) is 15.9 Å². The number of anilines is 2. The van der Waals surface area contributed by atoms with E-state index in [1.165, 1.54) is 24.4 Å². The molecule has 31 heavy (non-hydrogen) atoms. The molecule has 0 radical (unpaired) electrons. The summed E-state index contributed by atoms with van der Waals surface area (Å²) < 4.78 is 44.8. The number of carbonyl (C=O) groups excluding carboxylic acids is 1. The highest BCUT2D eigenvalue weighted by atomic mass is 19.4. The summed E-state index contributed by atoms with van der Waals surface area (Å²) in [6.07, 6.45) is -3.12. The van der Waals surface area contributed by atoms with Crippen molar-refractivity contribution < 1.29 is 22.7 Å². The summed E-state index contributed by atoms with van der Waals surface area (Å²) in [5, 5.41) is 3.84. The Balaban J connectivity index is 1.75. The minimum Gasteiger partial charge on any atom is -0.438 e. The molecule has 0 aliphatic carbocycles. The molecule has 6 nitrogen and oxygen atoms in total. The molecule has 1 heterocycles. The molecule has 3 aromatic carbocycles. The summed E-state index contributed by atoms with van der Waals surface area (Å²) in [6, 6.07) is 16.3. The molecule has 1 amide bonds. The van der Waals surface area contributed by atoms with Gasteiger partial charge in [0.2, 0.25) is 11.8 Å². The van der Waals surface area contributed by atoms with Crippen LogP contribution in [0, 0.1) is 0 Å². The summed E-state index contributed by atoms with van der Waals surface area (Å²) in [4.78, 5) is 20.9. The van der Waals surface area contributed by atoms with Gasteiger partial charge in [-0.25, -0.2) is 4.98 Å². The monoisotopic (exact) mass is 424 g/mol. The number of halogens is 3. The van der Waals surface area contributed by atoms with Gasteiger partial charge in [0.15, 0.2) is 0 Å². The number of rotatable bonds is 4. The molecular formula is C22H15F3N4O2. The van der Waals surface area contributed by atoms with Crippen LogP contribution < -0.4 is 15.8 Å². The SMILES string of the molecule is Nc1nccc(Oc2ccc3ccccc3c2C(=O)Nc2cccc(C(F)(F)F)c2)n1. The topological polar surface area (TPSA) is 90.1 Å². The molecular weight excluding hydrogens is 409 g/mol. The zero-order chi connectivity index (χ0) is 22.0. The first kappa shape index (κ1) is 20.1. The molecule has 0 unspecified atom stereocenters. The number of ether oxygens (including phenoxy) is 1. The van der Waals surface area contributed by atoms with Gasteiger partial charge in [-0.2, -0.15) is 18.2 Å². The van der Waals surface area contributed by atoms with Crippen LogP contribution in [0.15, 0.2) is 72.9 Å². The van der Waals surface area contributed by atoms with Gasteiger partial charge in [-0.15, -0.1) is 0 Å². The Morgan fingerprint density at radius 2 is 1.81 bits per heavy atom. The number of amides is 1. The Hall–Kier alpha value is -4.14. The van der Waals surface area contributed by atoms with E-state index in [4.69, 9.17) is 10.5 Å². The first-order valence-corrected chi connectivity index (χ1v) is 9.08. The zero-order valence-corrected chi connectivity index (χ0v) is 15.9. The number of benzene rings is 3. The third-order valence-corrected chi connectivity index (χ3v) is 4.43. The Kier molecular flexibility index (Phi) is 5.16. The number of carbonyl (C=O) groups is 1. The van der Waals surface area contributed by atoms with Crippen molar-refractivity contribution in [1.82, 2.24) is 9.97 Å². The maximum absolute atomic E-state index is 13.1. The molecule has 0 saturated carbocycles. The van der Waals surface area contributed by atoms with Gasteiger partial charge in [0.1, 0.15) is 5.75 Å². The second kappa shape index (κ2) is 7.94. The maximum atomic E-state index is 13.1. The van der Waals surface area contributed by atoms with Gasteiger partial charge in [0.05, 0.1) is 11.1 Å². The van der Waals surface area contributed by atoms with E-state index in [0.717, 1.165) is 17.5 Å². The van der Waals surface area contributed by atoms with Crippen LogP contribution in [-0.4, -0.2) is 15.9 Å². The molecule has 0 bridgehead atoms. The second-order valence-electron chi connectivity index (χ2n) is 6.55. The molecule has 0 saturated heterocycles. The molecule has 0 aliphatic rings. The van der Waals surface area contributed by atoms with E-state index >= 15 is 0 Å². The van der Waals surface area contributed by atoms with E-state index in [-0.39, 0.29) is 28.8 Å². The Bertz CT molecular complexity index is 1280. The average Bonchev–Trinajstić information content (AvgIpc) is 2.73. The van der Waals surface area contributed by atoms with Crippen molar-refractivity contribution in [2.24, 2.45) is 0 Å². The number of nitrogens with one attached hydrogen (secondary N) is 1. The molecule has 9 heteroatoms. The molecule has 0 aliphatic heterocycles. The fourth-order valence-corrected chi connectivity index (χ4v) is 3.06. The number of nitrogens with two attached hydrogens (primary N) is 1. The number of hydrogen-bond acceptors (Lipinski definition) is 5. The molecule has 4 aromatic rings. The lowest BCUT2D eigenvalue weighted by Crippen LogP contribution is -2.15. The maximum Gasteiger partial charge on any atom is 0.416 e. The van der Waals surface area contributed by atoms with E-state index in [1.54, 1.807) is 24.3 Å². The number of nitrogen functional groups attached to an aromatic ring is 1. The van der Waals surface area contributed by atoms with Gasteiger partial charge in [0.25, 0.3) is 5.91 Å². The van der Waals surface area contributed by atoms with Crippen LogP contribution in [-0.2, 0) is 6.18 Å². The lowest BCUT2D eigenvalue weighted by molar-refractivity contribution is -0.137. The van der Waals surface area contributed by atoms with Crippen molar-refractivity contribution >= 4 is 28.3 Å². The van der Waals surface area contributed by atoms with Crippen LogP contribution in [0.5, 0.6) is 11.6 Å². The number of hydrogen-bond donors (Lipinski definition) is 2. The van der Waals surface area contributed by atoms with Gasteiger partial charge < -0.3 is 15.8 Å². The molecule has 0 fully saturated rings. The Labute approximate surface area is 174 Å². The fourth-order valence-electron chi connectivity index (χ4n) is 3.06. The van der Waals surface area contributed by atoms with Crippen molar-refractivity contribution in [1.29, 1.82) is 0 Å². The minimum absolute atomic E-state index is 0.00462. The normalized spacial score (nSPS) is 11.3. The first-order chi connectivity index (χ1) is 14.8.